The van der Waals surface area contributed by atoms with E-state index >= 15 is 0 Å². The van der Waals surface area contributed by atoms with Gasteiger partial charge in [-0.15, -0.1) is 11.3 Å². The number of rotatable bonds is 6. The number of hydrogen-bond acceptors (Lipinski definition) is 5. The Morgan fingerprint density at radius 2 is 2.14 bits per heavy atom. The number of primary amides is 1. The van der Waals surface area contributed by atoms with Crippen LogP contribution in [-0.4, -0.2) is 23.3 Å². The van der Waals surface area contributed by atoms with Crippen LogP contribution in [-0.2, 0) is 11.3 Å². The van der Waals surface area contributed by atoms with Gasteiger partial charge in [0.25, 0.3) is 5.91 Å². The van der Waals surface area contributed by atoms with Crippen LogP contribution in [0.25, 0.3) is 0 Å². The van der Waals surface area contributed by atoms with Crippen molar-refractivity contribution in [3.8, 4) is 0 Å². The highest BCUT2D eigenvalue weighted by atomic mass is 32.1. The van der Waals surface area contributed by atoms with Gasteiger partial charge in [0.1, 0.15) is 10.7 Å². The Kier molecular flexibility index (Phi) is 5.24. The lowest BCUT2D eigenvalue weighted by atomic mass is 10.2. The molecule has 22 heavy (non-hydrogen) atoms. The summed E-state index contributed by atoms with van der Waals surface area (Å²) in [5.41, 5.74) is 12.8. The summed E-state index contributed by atoms with van der Waals surface area (Å²) in [5, 5.41) is 2.37. The first kappa shape index (κ1) is 16.1. The number of nitrogens with two attached hydrogens (primary N) is 2. The van der Waals surface area contributed by atoms with E-state index in [9.17, 15) is 9.59 Å². The Balaban J connectivity index is 2.30. The average molecular weight is 318 g/mol. The lowest BCUT2D eigenvalue weighted by Gasteiger charge is -2.21. The number of amides is 2. The summed E-state index contributed by atoms with van der Waals surface area (Å²) in [5.74, 6) is -0.714. The first-order valence-corrected chi connectivity index (χ1v) is 7.70. The lowest BCUT2D eigenvalue weighted by Crippen LogP contribution is -2.34. The first-order valence-electron chi connectivity index (χ1n) is 6.82. The third kappa shape index (κ3) is 3.90. The number of nitrogens with zero attached hydrogens (tertiary/aromatic N) is 2. The molecule has 1 aromatic heterocycles. The zero-order valence-corrected chi connectivity index (χ0v) is 13.1. The van der Waals surface area contributed by atoms with Crippen LogP contribution in [0.15, 0.2) is 29.6 Å². The van der Waals surface area contributed by atoms with Crippen molar-refractivity contribution in [2.24, 2.45) is 11.5 Å². The minimum atomic E-state index is -0.452. The zero-order valence-electron chi connectivity index (χ0n) is 12.3. The van der Waals surface area contributed by atoms with Gasteiger partial charge in [-0.25, -0.2) is 4.98 Å². The molecule has 2 aromatic rings. The van der Waals surface area contributed by atoms with Crippen molar-refractivity contribution in [3.63, 3.8) is 0 Å². The molecule has 1 aromatic carbocycles. The monoisotopic (exact) mass is 318 g/mol. The Morgan fingerprint density at radius 1 is 1.36 bits per heavy atom. The normalized spacial score (nSPS) is 10.5. The standard InChI is InChI=1S/C15H18N4O2S/c1-10-3-2-4-11(7-10)19(6-5-13(17)20)15(21)12-9-22-14(8-16)18-12/h2-4,7,9H,5-6,8,16H2,1H3,(H2,17,20). The van der Waals surface area contributed by atoms with Gasteiger partial charge >= 0.3 is 0 Å². The highest BCUT2D eigenvalue weighted by Crippen LogP contribution is 2.20. The number of anilines is 1. The molecule has 0 unspecified atom stereocenters. The molecule has 2 amide bonds. The molecule has 2 rings (SSSR count). The number of carbonyl (C=O) groups excluding carboxylic acids is 2. The Bertz CT molecular complexity index is 684. The predicted octanol–water partition coefficient (Wildman–Crippen LogP) is 1.43. The fourth-order valence-electron chi connectivity index (χ4n) is 2.01. The maximum Gasteiger partial charge on any atom is 0.277 e. The fraction of sp³-hybridized carbons (Fsp3) is 0.267. The van der Waals surface area contributed by atoms with Crippen molar-refractivity contribution in [1.29, 1.82) is 0 Å². The van der Waals surface area contributed by atoms with Crippen LogP contribution < -0.4 is 16.4 Å². The maximum atomic E-state index is 12.7. The van der Waals surface area contributed by atoms with Gasteiger partial charge in [-0.05, 0) is 24.6 Å². The maximum absolute atomic E-state index is 12.7. The van der Waals surface area contributed by atoms with E-state index in [1.165, 1.54) is 16.2 Å². The SMILES string of the molecule is Cc1cccc(N(CCC(N)=O)C(=O)c2csc(CN)n2)c1. The van der Waals surface area contributed by atoms with Crippen molar-refractivity contribution in [3.05, 3.63) is 45.9 Å². The van der Waals surface area contributed by atoms with E-state index in [1.807, 2.05) is 31.2 Å². The second-order valence-electron chi connectivity index (χ2n) is 4.84. The molecule has 6 nitrogen and oxygen atoms in total. The van der Waals surface area contributed by atoms with E-state index < -0.39 is 5.91 Å². The Hall–Kier alpha value is -2.25. The van der Waals surface area contributed by atoms with Crippen molar-refractivity contribution < 1.29 is 9.59 Å². The van der Waals surface area contributed by atoms with Crippen molar-refractivity contribution >= 4 is 28.8 Å². The molecule has 0 aliphatic carbocycles. The highest BCUT2D eigenvalue weighted by molar-refractivity contribution is 7.09. The highest BCUT2D eigenvalue weighted by Gasteiger charge is 2.21. The van der Waals surface area contributed by atoms with Crippen LogP contribution >= 0.6 is 11.3 Å². The first-order chi connectivity index (χ1) is 10.5. The molecule has 0 spiro atoms. The van der Waals surface area contributed by atoms with Crippen molar-refractivity contribution in [2.45, 2.75) is 19.9 Å². The molecule has 4 N–H and O–H groups in total. The van der Waals surface area contributed by atoms with Gasteiger partial charge in [0.2, 0.25) is 5.91 Å². The second kappa shape index (κ2) is 7.15. The van der Waals surface area contributed by atoms with Crippen LogP contribution in [0.2, 0.25) is 0 Å². The summed E-state index contributed by atoms with van der Waals surface area (Å²) in [6, 6.07) is 7.51. The molecule has 7 heteroatoms. The van der Waals surface area contributed by atoms with Gasteiger partial charge in [0.05, 0.1) is 0 Å². The van der Waals surface area contributed by atoms with Gasteiger partial charge in [-0.1, -0.05) is 12.1 Å². The number of benzene rings is 1. The third-order valence-electron chi connectivity index (χ3n) is 3.09. The zero-order chi connectivity index (χ0) is 16.1. The van der Waals surface area contributed by atoms with Crippen molar-refractivity contribution in [1.82, 2.24) is 4.98 Å². The van der Waals surface area contributed by atoms with Gasteiger partial charge in [-0.3, -0.25) is 9.59 Å². The molecule has 0 fully saturated rings. The summed E-state index contributed by atoms with van der Waals surface area (Å²) < 4.78 is 0. The minimum absolute atomic E-state index is 0.0908. The van der Waals surface area contributed by atoms with Crippen LogP contribution in [0.5, 0.6) is 0 Å². The Labute approximate surface area is 132 Å². The summed E-state index contributed by atoms with van der Waals surface area (Å²) in [6.07, 6.45) is 0.0908. The van der Waals surface area contributed by atoms with E-state index in [0.29, 0.717) is 22.9 Å². The largest absolute Gasteiger partial charge is 0.370 e. The summed E-state index contributed by atoms with van der Waals surface area (Å²) in [6.45, 7) is 2.45. The van der Waals surface area contributed by atoms with Crippen molar-refractivity contribution in [2.75, 3.05) is 11.4 Å². The summed E-state index contributed by atoms with van der Waals surface area (Å²) in [4.78, 5) is 29.5. The molecule has 0 atom stereocenters. The van der Waals surface area contributed by atoms with E-state index in [0.717, 1.165) is 5.56 Å². The third-order valence-corrected chi connectivity index (χ3v) is 3.96. The van der Waals surface area contributed by atoms with Crippen LogP contribution in [0.4, 0.5) is 5.69 Å². The molecule has 116 valence electrons. The number of carbonyl (C=O) groups is 2. The van der Waals surface area contributed by atoms with Crippen LogP contribution in [0.1, 0.15) is 27.5 Å². The van der Waals surface area contributed by atoms with Gasteiger partial charge < -0.3 is 16.4 Å². The molecule has 0 aliphatic heterocycles. The Morgan fingerprint density at radius 3 is 2.73 bits per heavy atom. The predicted molar refractivity (Wildman–Crippen MR) is 86.7 cm³/mol. The van der Waals surface area contributed by atoms with Gasteiger partial charge in [-0.2, -0.15) is 0 Å². The van der Waals surface area contributed by atoms with Gasteiger partial charge in [0.15, 0.2) is 0 Å². The number of aryl methyl sites for hydroxylation is 1. The molecule has 0 aliphatic rings. The van der Waals surface area contributed by atoms with E-state index in [4.69, 9.17) is 11.5 Å². The van der Waals surface area contributed by atoms with Crippen LogP contribution in [0.3, 0.4) is 0 Å². The number of thiazole rings is 1. The minimum Gasteiger partial charge on any atom is -0.370 e. The fourth-order valence-corrected chi connectivity index (χ4v) is 2.66. The molecule has 0 bridgehead atoms. The van der Waals surface area contributed by atoms with E-state index in [2.05, 4.69) is 4.98 Å². The van der Waals surface area contributed by atoms with E-state index in [1.54, 1.807) is 5.38 Å². The molecule has 0 saturated heterocycles. The van der Waals surface area contributed by atoms with E-state index in [-0.39, 0.29) is 18.9 Å². The molecule has 1 heterocycles. The summed E-state index contributed by atoms with van der Waals surface area (Å²) in [7, 11) is 0. The number of aromatic nitrogens is 1. The molecule has 0 radical (unpaired) electrons. The quantitative estimate of drug-likeness (QED) is 0.841. The smallest absolute Gasteiger partial charge is 0.277 e. The average Bonchev–Trinajstić information content (AvgIpc) is 2.96. The molecular weight excluding hydrogens is 300 g/mol. The lowest BCUT2D eigenvalue weighted by molar-refractivity contribution is -0.117. The molecular formula is C15H18N4O2S. The van der Waals surface area contributed by atoms with Gasteiger partial charge in [0, 0.05) is 30.6 Å². The summed E-state index contributed by atoms with van der Waals surface area (Å²) >= 11 is 1.34. The topological polar surface area (TPSA) is 102 Å². The van der Waals surface area contributed by atoms with Crippen LogP contribution in [0, 0.1) is 6.92 Å². The number of hydrogen-bond donors (Lipinski definition) is 2. The second-order valence-corrected chi connectivity index (χ2v) is 5.79. The molecule has 0 saturated carbocycles.